The maximum absolute atomic E-state index is 13.4. The van der Waals surface area contributed by atoms with Crippen molar-refractivity contribution in [3.8, 4) is 11.8 Å². The summed E-state index contributed by atoms with van der Waals surface area (Å²) in [7, 11) is 0. The van der Waals surface area contributed by atoms with E-state index in [4.69, 9.17) is 5.73 Å². The molecule has 0 saturated heterocycles. The molecule has 2 aromatic rings. The smallest absolute Gasteiger partial charge is 0.256 e. The summed E-state index contributed by atoms with van der Waals surface area (Å²) >= 11 is 1.22. The van der Waals surface area contributed by atoms with Crippen LogP contribution in [0.15, 0.2) is 23.6 Å². The first-order valence-corrected chi connectivity index (χ1v) is 6.63. The van der Waals surface area contributed by atoms with Crippen LogP contribution in [0.1, 0.15) is 15.2 Å². The summed E-state index contributed by atoms with van der Waals surface area (Å²) in [6.07, 6.45) is 0. The Balaban J connectivity index is 2.18. The van der Waals surface area contributed by atoms with Gasteiger partial charge in [0, 0.05) is 5.38 Å². The van der Waals surface area contributed by atoms with E-state index in [0.29, 0.717) is 4.88 Å². The van der Waals surface area contributed by atoms with E-state index < -0.39 is 29.0 Å². The highest BCUT2D eigenvalue weighted by Gasteiger charge is 2.16. The van der Waals surface area contributed by atoms with Crippen LogP contribution in [0.25, 0.3) is 0 Å². The van der Waals surface area contributed by atoms with Gasteiger partial charge in [0.15, 0.2) is 17.5 Å². The molecule has 0 fully saturated rings. The van der Waals surface area contributed by atoms with Crippen molar-refractivity contribution in [1.82, 2.24) is 0 Å². The second-order valence-electron chi connectivity index (χ2n) is 3.88. The lowest BCUT2D eigenvalue weighted by molar-refractivity contribution is 0.102. The molecule has 0 aliphatic carbocycles. The largest absolute Gasteiger partial charge is 0.320 e. The van der Waals surface area contributed by atoms with Crippen LogP contribution in [-0.2, 0) is 0 Å². The Morgan fingerprint density at radius 2 is 2.05 bits per heavy atom. The molecule has 0 unspecified atom stereocenters. The van der Waals surface area contributed by atoms with Crippen LogP contribution in [0.4, 0.5) is 18.9 Å². The minimum absolute atomic E-state index is 0.194. The van der Waals surface area contributed by atoms with E-state index >= 15 is 0 Å². The highest BCUT2D eigenvalue weighted by Crippen LogP contribution is 2.21. The minimum atomic E-state index is -1.63. The van der Waals surface area contributed by atoms with Crippen molar-refractivity contribution < 1.29 is 18.0 Å². The summed E-state index contributed by atoms with van der Waals surface area (Å²) in [5.41, 5.74) is 5.04. The van der Waals surface area contributed by atoms with Gasteiger partial charge in [-0.1, -0.05) is 11.8 Å². The fraction of sp³-hybridized carbons (Fsp3) is 0.0714. The molecule has 1 amide bonds. The molecule has 21 heavy (non-hydrogen) atoms. The number of hydrogen-bond donors (Lipinski definition) is 2. The average molecular weight is 310 g/mol. The molecule has 0 aliphatic heterocycles. The zero-order valence-electron chi connectivity index (χ0n) is 10.5. The molecule has 3 nitrogen and oxygen atoms in total. The number of rotatable bonds is 2. The number of nitrogens with one attached hydrogen (secondary N) is 1. The van der Waals surface area contributed by atoms with Crippen LogP contribution >= 0.6 is 11.3 Å². The molecule has 3 N–H and O–H groups in total. The van der Waals surface area contributed by atoms with Gasteiger partial charge in [-0.25, -0.2) is 13.2 Å². The number of amides is 1. The second-order valence-corrected chi connectivity index (χ2v) is 4.79. The normalized spacial score (nSPS) is 9.90. The summed E-state index contributed by atoms with van der Waals surface area (Å²) in [6.45, 7) is 0.194. The molecular formula is C14H9F3N2OS. The van der Waals surface area contributed by atoms with Gasteiger partial charge in [0.2, 0.25) is 0 Å². The van der Waals surface area contributed by atoms with Gasteiger partial charge in [0.05, 0.1) is 22.7 Å². The van der Waals surface area contributed by atoms with E-state index in [-0.39, 0.29) is 12.1 Å². The summed E-state index contributed by atoms with van der Waals surface area (Å²) in [4.78, 5) is 12.5. The van der Waals surface area contributed by atoms with Gasteiger partial charge >= 0.3 is 0 Å². The van der Waals surface area contributed by atoms with Crippen molar-refractivity contribution in [3.63, 3.8) is 0 Å². The lowest BCUT2D eigenvalue weighted by atomic mass is 10.2. The number of benzene rings is 1. The molecule has 1 heterocycles. The van der Waals surface area contributed by atoms with Crippen LogP contribution in [0, 0.1) is 29.3 Å². The molecule has 0 aliphatic rings. The van der Waals surface area contributed by atoms with Crippen molar-refractivity contribution in [3.05, 3.63) is 51.5 Å². The van der Waals surface area contributed by atoms with E-state index in [1.807, 2.05) is 0 Å². The molecule has 0 saturated carbocycles. The number of nitrogens with two attached hydrogens (primary N) is 1. The second kappa shape index (κ2) is 6.43. The van der Waals surface area contributed by atoms with Gasteiger partial charge in [-0.3, -0.25) is 4.79 Å². The molecule has 1 aromatic heterocycles. The molecule has 0 radical (unpaired) electrons. The molecular weight excluding hydrogens is 301 g/mol. The molecule has 0 atom stereocenters. The number of hydrogen-bond acceptors (Lipinski definition) is 3. The van der Waals surface area contributed by atoms with E-state index in [1.54, 1.807) is 0 Å². The van der Waals surface area contributed by atoms with Crippen molar-refractivity contribution in [1.29, 1.82) is 0 Å². The van der Waals surface area contributed by atoms with Gasteiger partial charge in [-0.15, -0.1) is 11.3 Å². The van der Waals surface area contributed by atoms with Crippen molar-refractivity contribution in [2.24, 2.45) is 5.73 Å². The van der Waals surface area contributed by atoms with Crippen molar-refractivity contribution >= 4 is 22.9 Å². The van der Waals surface area contributed by atoms with Crippen LogP contribution in [0.5, 0.6) is 0 Å². The molecule has 0 spiro atoms. The predicted molar refractivity (Wildman–Crippen MR) is 74.5 cm³/mol. The fourth-order valence-corrected chi connectivity index (χ4v) is 2.23. The van der Waals surface area contributed by atoms with Crippen LogP contribution in [0.2, 0.25) is 0 Å². The van der Waals surface area contributed by atoms with Gasteiger partial charge < -0.3 is 11.1 Å². The standard InChI is InChI=1S/C14H9F3N2OS/c15-10-3-4-11(13(17)12(10)16)19-14(20)8-6-9(21-7-8)2-1-5-18/h3-4,6-7H,5,18H2,(H,19,20). The lowest BCUT2D eigenvalue weighted by Crippen LogP contribution is -2.13. The number of carbonyl (C=O) groups excluding carboxylic acids is 1. The van der Waals surface area contributed by atoms with E-state index in [0.717, 1.165) is 12.1 Å². The van der Waals surface area contributed by atoms with Gasteiger partial charge in [-0.05, 0) is 18.2 Å². The molecule has 108 valence electrons. The third-order valence-electron chi connectivity index (χ3n) is 2.46. The summed E-state index contributed by atoms with van der Waals surface area (Å²) in [5, 5.41) is 3.70. The van der Waals surface area contributed by atoms with E-state index in [1.165, 1.54) is 22.8 Å². The topological polar surface area (TPSA) is 55.1 Å². The summed E-state index contributed by atoms with van der Waals surface area (Å²) in [6, 6.07) is 3.19. The number of thiophene rings is 1. The fourth-order valence-electron chi connectivity index (χ4n) is 1.48. The van der Waals surface area contributed by atoms with Gasteiger partial charge in [0.1, 0.15) is 0 Å². The number of halogens is 3. The quantitative estimate of drug-likeness (QED) is 0.662. The Kier molecular flexibility index (Phi) is 4.62. The molecule has 7 heteroatoms. The van der Waals surface area contributed by atoms with Crippen LogP contribution in [-0.4, -0.2) is 12.5 Å². The zero-order valence-corrected chi connectivity index (χ0v) is 11.4. The first-order chi connectivity index (χ1) is 10.0. The van der Waals surface area contributed by atoms with Crippen molar-refractivity contribution in [2.75, 3.05) is 11.9 Å². The number of anilines is 1. The first-order valence-electron chi connectivity index (χ1n) is 5.75. The minimum Gasteiger partial charge on any atom is -0.320 e. The first kappa shape index (κ1) is 15.1. The Morgan fingerprint density at radius 1 is 1.29 bits per heavy atom. The van der Waals surface area contributed by atoms with Crippen LogP contribution < -0.4 is 11.1 Å². The van der Waals surface area contributed by atoms with E-state index in [2.05, 4.69) is 17.2 Å². The zero-order chi connectivity index (χ0) is 15.4. The van der Waals surface area contributed by atoms with Crippen molar-refractivity contribution in [2.45, 2.75) is 0 Å². The maximum atomic E-state index is 13.4. The third-order valence-corrected chi connectivity index (χ3v) is 3.30. The molecule has 1 aromatic carbocycles. The molecule has 2 rings (SSSR count). The Labute approximate surface area is 122 Å². The summed E-state index contributed by atoms with van der Waals surface area (Å²) < 4.78 is 39.3. The van der Waals surface area contributed by atoms with Gasteiger partial charge in [0.25, 0.3) is 5.91 Å². The maximum Gasteiger partial charge on any atom is 0.256 e. The summed E-state index contributed by atoms with van der Waals surface area (Å²) in [5.74, 6) is 0.350. The molecule has 0 bridgehead atoms. The monoisotopic (exact) mass is 310 g/mol. The van der Waals surface area contributed by atoms with E-state index in [9.17, 15) is 18.0 Å². The average Bonchev–Trinajstić information content (AvgIpc) is 2.94. The SMILES string of the molecule is NCC#Cc1cc(C(=O)Nc2ccc(F)c(F)c2F)cs1. The lowest BCUT2D eigenvalue weighted by Gasteiger charge is -2.06. The highest BCUT2D eigenvalue weighted by molar-refractivity contribution is 7.10. The Morgan fingerprint density at radius 3 is 2.76 bits per heavy atom. The third kappa shape index (κ3) is 3.42. The Hall–Kier alpha value is -2.30. The highest BCUT2D eigenvalue weighted by atomic mass is 32.1. The number of carbonyl (C=O) groups is 1. The van der Waals surface area contributed by atoms with Gasteiger partial charge in [-0.2, -0.15) is 0 Å². The predicted octanol–water partition coefficient (Wildman–Crippen LogP) is 2.73. The Bertz CT molecular complexity index is 746. The van der Waals surface area contributed by atoms with Crippen LogP contribution in [0.3, 0.4) is 0 Å².